The fourth-order valence-corrected chi connectivity index (χ4v) is 2.39. The second-order valence-corrected chi connectivity index (χ2v) is 6.91. The van der Waals surface area contributed by atoms with Gasteiger partial charge in [-0.25, -0.2) is 9.89 Å². The Morgan fingerprint density at radius 1 is 1.22 bits per heavy atom. The zero-order valence-electron chi connectivity index (χ0n) is 12.6. The van der Waals surface area contributed by atoms with Crippen molar-refractivity contribution in [2.45, 2.75) is 26.2 Å². The third-order valence-electron chi connectivity index (χ3n) is 2.85. The van der Waals surface area contributed by atoms with Gasteiger partial charge in [-0.1, -0.05) is 55.6 Å². The van der Waals surface area contributed by atoms with Crippen molar-refractivity contribution in [3.8, 4) is 0 Å². The summed E-state index contributed by atoms with van der Waals surface area (Å²) in [7, 11) is 0. The van der Waals surface area contributed by atoms with E-state index in [1.54, 1.807) is 12.1 Å². The van der Waals surface area contributed by atoms with E-state index in [1.165, 1.54) is 6.21 Å². The normalized spacial score (nSPS) is 11.9. The molecular formula is C14H14Cl3N5O. The number of hydrogen-bond acceptors (Lipinski definition) is 5. The van der Waals surface area contributed by atoms with Gasteiger partial charge in [-0.3, -0.25) is 5.43 Å². The number of benzene rings is 1. The molecule has 0 atom stereocenters. The van der Waals surface area contributed by atoms with Gasteiger partial charge in [0.25, 0.3) is 0 Å². The number of nitrogens with zero attached hydrogens (tertiary/aromatic N) is 3. The van der Waals surface area contributed by atoms with Crippen molar-refractivity contribution in [2.75, 3.05) is 5.43 Å². The minimum atomic E-state index is -0.575. The summed E-state index contributed by atoms with van der Waals surface area (Å²) < 4.78 is 0. The molecule has 0 aliphatic rings. The van der Waals surface area contributed by atoms with E-state index in [9.17, 15) is 4.79 Å². The Bertz CT molecular complexity index is 811. The predicted molar refractivity (Wildman–Crippen MR) is 94.0 cm³/mol. The number of hydrogen-bond donors (Lipinski definition) is 2. The van der Waals surface area contributed by atoms with Crippen LogP contribution in [-0.4, -0.2) is 21.4 Å². The fourth-order valence-electron chi connectivity index (χ4n) is 1.76. The molecule has 6 nitrogen and oxygen atoms in total. The monoisotopic (exact) mass is 373 g/mol. The number of H-pyrrole nitrogens is 1. The highest BCUT2D eigenvalue weighted by atomic mass is 35.5. The number of rotatable bonds is 3. The van der Waals surface area contributed by atoms with Gasteiger partial charge in [0.15, 0.2) is 5.82 Å². The molecule has 0 aliphatic heterocycles. The second-order valence-electron chi connectivity index (χ2n) is 5.71. The standard InChI is InChI=1S/C14H14Cl3N5O/c1-14(2,3)11-12(19-13(23)22-20-11)21-18-6-7-8(15)4-5-9(16)10(7)17/h4-6H,1-3H3,(H2,19,21,22,23)/b18-6+. The summed E-state index contributed by atoms with van der Waals surface area (Å²) in [6.07, 6.45) is 1.41. The van der Waals surface area contributed by atoms with Crippen LogP contribution in [-0.2, 0) is 5.41 Å². The Morgan fingerprint density at radius 2 is 1.87 bits per heavy atom. The highest BCUT2D eigenvalue weighted by Crippen LogP contribution is 2.30. The van der Waals surface area contributed by atoms with E-state index >= 15 is 0 Å². The molecule has 23 heavy (non-hydrogen) atoms. The minimum Gasteiger partial charge on any atom is -0.260 e. The lowest BCUT2D eigenvalue weighted by Crippen LogP contribution is -2.24. The second kappa shape index (κ2) is 6.86. The Kier molecular flexibility index (Phi) is 5.29. The van der Waals surface area contributed by atoms with Crippen LogP contribution in [0.5, 0.6) is 0 Å². The Morgan fingerprint density at radius 3 is 2.52 bits per heavy atom. The molecule has 0 aliphatic carbocycles. The van der Waals surface area contributed by atoms with Crippen molar-refractivity contribution < 1.29 is 0 Å². The van der Waals surface area contributed by atoms with Gasteiger partial charge in [-0.2, -0.15) is 15.2 Å². The van der Waals surface area contributed by atoms with Crippen molar-refractivity contribution >= 4 is 46.8 Å². The van der Waals surface area contributed by atoms with Crippen LogP contribution in [0.3, 0.4) is 0 Å². The molecule has 122 valence electrons. The van der Waals surface area contributed by atoms with Crippen LogP contribution < -0.4 is 11.1 Å². The molecule has 0 saturated carbocycles. The van der Waals surface area contributed by atoms with E-state index in [-0.39, 0.29) is 16.3 Å². The maximum Gasteiger partial charge on any atom is 0.363 e. The highest BCUT2D eigenvalue weighted by molar-refractivity contribution is 6.45. The number of aromatic nitrogens is 3. The van der Waals surface area contributed by atoms with Crippen molar-refractivity contribution in [1.82, 2.24) is 15.2 Å². The Labute approximate surface area is 147 Å². The molecule has 0 unspecified atom stereocenters. The van der Waals surface area contributed by atoms with Crippen molar-refractivity contribution in [3.63, 3.8) is 0 Å². The summed E-state index contributed by atoms with van der Waals surface area (Å²) in [6.45, 7) is 5.82. The van der Waals surface area contributed by atoms with Gasteiger partial charge < -0.3 is 0 Å². The van der Waals surface area contributed by atoms with E-state index in [0.717, 1.165) is 0 Å². The minimum absolute atomic E-state index is 0.256. The first kappa shape index (κ1) is 17.7. The first-order valence-electron chi connectivity index (χ1n) is 6.60. The average molecular weight is 375 g/mol. The van der Waals surface area contributed by atoms with Gasteiger partial charge in [0.2, 0.25) is 0 Å². The molecule has 1 heterocycles. The third-order valence-corrected chi connectivity index (χ3v) is 4.00. The van der Waals surface area contributed by atoms with Crippen LogP contribution in [0, 0.1) is 0 Å². The van der Waals surface area contributed by atoms with Gasteiger partial charge in [0.05, 0.1) is 21.3 Å². The van der Waals surface area contributed by atoms with Crippen LogP contribution in [0.15, 0.2) is 22.0 Å². The molecule has 0 spiro atoms. The van der Waals surface area contributed by atoms with Gasteiger partial charge in [-0.15, -0.1) is 0 Å². The fraction of sp³-hybridized carbons (Fsp3) is 0.286. The molecule has 0 fully saturated rings. The maximum atomic E-state index is 11.4. The van der Waals surface area contributed by atoms with Crippen molar-refractivity contribution in [3.05, 3.63) is 48.9 Å². The van der Waals surface area contributed by atoms with Crippen LogP contribution >= 0.6 is 34.8 Å². The molecular weight excluding hydrogens is 361 g/mol. The SMILES string of the molecule is CC(C)(C)c1n[nH]c(=O)nc1N/N=C/c1c(Cl)ccc(Cl)c1Cl. The molecule has 0 saturated heterocycles. The van der Waals surface area contributed by atoms with Crippen LogP contribution in [0.1, 0.15) is 32.0 Å². The molecule has 0 bridgehead atoms. The van der Waals surface area contributed by atoms with E-state index in [2.05, 4.69) is 25.7 Å². The van der Waals surface area contributed by atoms with Crippen LogP contribution in [0.25, 0.3) is 0 Å². The molecule has 2 rings (SSSR count). The summed E-state index contributed by atoms with van der Waals surface area (Å²) in [5.74, 6) is 0.256. The first-order valence-corrected chi connectivity index (χ1v) is 7.73. The van der Waals surface area contributed by atoms with Crippen LogP contribution in [0.4, 0.5) is 5.82 Å². The number of hydrazone groups is 1. The number of anilines is 1. The molecule has 2 N–H and O–H groups in total. The van der Waals surface area contributed by atoms with Gasteiger partial charge in [0, 0.05) is 11.0 Å². The van der Waals surface area contributed by atoms with Crippen molar-refractivity contribution in [1.29, 1.82) is 0 Å². The van der Waals surface area contributed by atoms with Gasteiger partial charge >= 0.3 is 5.69 Å². The lowest BCUT2D eigenvalue weighted by atomic mass is 9.92. The molecule has 0 radical (unpaired) electrons. The van der Waals surface area contributed by atoms with E-state index in [1.807, 2.05) is 20.8 Å². The third kappa shape index (κ3) is 4.22. The molecule has 9 heteroatoms. The summed E-state index contributed by atoms with van der Waals surface area (Å²) in [6, 6.07) is 3.21. The first-order chi connectivity index (χ1) is 10.7. The molecule has 1 aromatic carbocycles. The average Bonchev–Trinajstić information content (AvgIpc) is 2.45. The van der Waals surface area contributed by atoms with Gasteiger partial charge in [0.1, 0.15) is 5.69 Å². The zero-order chi connectivity index (χ0) is 17.2. The summed E-state index contributed by atoms with van der Waals surface area (Å²) in [5, 5.41) is 11.4. The quantitative estimate of drug-likeness (QED) is 0.485. The summed E-state index contributed by atoms with van der Waals surface area (Å²) in [4.78, 5) is 15.2. The van der Waals surface area contributed by atoms with E-state index in [4.69, 9.17) is 34.8 Å². The van der Waals surface area contributed by atoms with Crippen LogP contribution in [0.2, 0.25) is 15.1 Å². The van der Waals surface area contributed by atoms with E-state index < -0.39 is 5.69 Å². The van der Waals surface area contributed by atoms with Gasteiger partial charge in [-0.05, 0) is 12.1 Å². The van der Waals surface area contributed by atoms with Crippen molar-refractivity contribution in [2.24, 2.45) is 5.10 Å². The molecule has 0 amide bonds. The predicted octanol–water partition coefficient (Wildman–Crippen LogP) is 3.87. The highest BCUT2D eigenvalue weighted by Gasteiger charge is 2.21. The topological polar surface area (TPSA) is 83.0 Å². The number of nitrogens with one attached hydrogen (secondary N) is 2. The number of aromatic amines is 1. The maximum absolute atomic E-state index is 11.4. The Balaban J connectivity index is 2.34. The summed E-state index contributed by atoms with van der Waals surface area (Å²) in [5.41, 5.74) is 2.82. The summed E-state index contributed by atoms with van der Waals surface area (Å²) >= 11 is 18.1. The molecule has 2 aromatic rings. The lowest BCUT2D eigenvalue weighted by Gasteiger charge is -2.18. The number of halogens is 3. The smallest absolute Gasteiger partial charge is 0.260 e. The Hall–Kier alpha value is -1.63. The lowest BCUT2D eigenvalue weighted by molar-refractivity contribution is 0.553. The molecule has 1 aromatic heterocycles. The zero-order valence-corrected chi connectivity index (χ0v) is 14.9. The van der Waals surface area contributed by atoms with E-state index in [0.29, 0.717) is 21.3 Å². The largest absolute Gasteiger partial charge is 0.363 e.